The first kappa shape index (κ1) is 28.7. The van der Waals surface area contributed by atoms with Gasteiger partial charge in [-0.3, -0.25) is 4.90 Å². The summed E-state index contributed by atoms with van der Waals surface area (Å²) in [5, 5.41) is 4.72. The summed E-state index contributed by atoms with van der Waals surface area (Å²) in [7, 11) is 7.56. The van der Waals surface area contributed by atoms with E-state index in [9.17, 15) is 0 Å². The number of fused-ring (bicyclic) bond motifs is 1. The third-order valence-corrected chi connectivity index (χ3v) is 7.81. The molecule has 0 atom stereocenters. The van der Waals surface area contributed by atoms with Crippen molar-refractivity contribution in [3.8, 4) is 11.5 Å². The topological polar surface area (TPSA) is 92.0 Å². The van der Waals surface area contributed by atoms with Gasteiger partial charge in [0.05, 0.1) is 25.1 Å². The third kappa shape index (κ3) is 6.65. The molecule has 3 aromatic rings. The van der Waals surface area contributed by atoms with Crippen LogP contribution < -0.4 is 25.4 Å². The molecule has 9 heteroatoms. The van der Waals surface area contributed by atoms with Gasteiger partial charge in [0.2, 0.25) is 5.95 Å². The van der Waals surface area contributed by atoms with Gasteiger partial charge in [-0.05, 0) is 44.0 Å². The van der Waals surface area contributed by atoms with E-state index in [1.165, 1.54) is 11.3 Å². The van der Waals surface area contributed by atoms with Gasteiger partial charge in [0.1, 0.15) is 5.82 Å². The number of benzene rings is 2. The van der Waals surface area contributed by atoms with Gasteiger partial charge in [0.15, 0.2) is 11.5 Å². The fraction of sp³-hybridized carbons (Fsp3) is 0.533. The van der Waals surface area contributed by atoms with Crippen LogP contribution in [0, 0.1) is 0 Å². The van der Waals surface area contributed by atoms with E-state index < -0.39 is 0 Å². The van der Waals surface area contributed by atoms with Gasteiger partial charge in [-0.2, -0.15) is 4.98 Å². The third-order valence-electron chi connectivity index (χ3n) is 7.81. The van der Waals surface area contributed by atoms with Crippen molar-refractivity contribution < 1.29 is 9.47 Å². The number of anilines is 3. The molecule has 0 spiro atoms. The summed E-state index contributed by atoms with van der Waals surface area (Å²) < 4.78 is 11.6. The number of aromatic nitrogens is 2. The second-order valence-corrected chi connectivity index (χ2v) is 10.4. The Morgan fingerprint density at radius 3 is 2.41 bits per heavy atom. The highest BCUT2D eigenvalue weighted by atomic mass is 16.5. The van der Waals surface area contributed by atoms with Crippen LogP contribution in [0.4, 0.5) is 17.5 Å². The lowest BCUT2D eigenvalue weighted by Gasteiger charge is -2.33. The van der Waals surface area contributed by atoms with Gasteiger partial charge in [-0.25, -0.2) is 4.98 Å². The van der Waals surface area contributed by atoms with Crippen molar-refractivity contribution in [3.05, 3.63) is 41.5 Å². The molecule has 3 N–H and O–H groups in total. The van der Waals surface area contributed by atoms with Crippen molar-refractivity contribution in [2.75, 3.05) is 77.0 Å². The maximum atomic E-state index is 6.20. The quantitative estimate of drug-likeness (QED) is 0.353. The van der Waals surface area contributed by atoms with E-state index in [0.717, 1.165) is 86.6 Å². The number of hydrogen-bond acceptors (Lipinski definition) is 9. The summed E-state index contributed by atoms with van der Waals surface area (Å²) in [6.45, 7) is 10.3. The summed E-state index contributed by atoms with van der Waals surface area (Å²) in [6, 6.07) is 10.9. The van der Waals surface area contributed by atoms with Gasteiger partial charge < -0.3 is 30.3 Å². The number of piperidine rings is 1. The van der Waals surface area contributed by atoms with Crippen molar-refractivity contribution in [2.24, 2.45) is 0 Å². The van der Waals surface area contributed by atoms with Crippen molar-refractivity contribution in [3.63, 3.8) is 0 Å². The summed E-state index contributed by atoms with van der Waals surface area (Å²) >= 11 is 0. The minimum atomic E-state index is 0.254. The number of nitrogens with zero attached hydrogens (tertiary/aromatic N) is 5. The zero-order valence-corrected chi connectivity index (χ0v) is 24.5. The molecule has 212 valence electrons. The first-order valence-electron chi connectivity index (χ1n) is 14.1. The standard InChI is InChI=1S/C30H45N7O2/c1-7-36(8-2)18-15-23-27-24(19-26(38-5)28(23)39-6)33-30(31)34-29(27)32-22-13-16-37(17-14-22)20-21-11-9-10-12-25(21)35(3)4/h9-12,19,22H,7-8,13-18,20H2,1-6H3,(H3,31,32,33,34). The predicted octanol–water partition coefficient (Wildman–Crippen LogP) is 4.26. The molecule has 0 unspecified atom stereocenters. The Hall–Kier alpha value is -3.30. The van der Waals surface area contributed by atoms with Crippen LogP contribution in [0.2, 0.25) is 0 Å². The fourth-order valence-corrected chi connectivity index (χ4v) is 5.63. The van der Waals surface area contributed by atoms with Gasteiger partial charge in [-0.1, -0.05) is 32.0 Å². The van der Waals surface area contributed by atoms with Crippen LogP contribution in [0.3, 0.4) is 0 Å². The number of nitrogens with one attached hydrogen (secondary N) is 1. The number of nitrogen functional groups attached to an aromatic ring is 1. The SMILES string of the molecule is CCN(CC)CCc1c(OC)c(OC)cc2nc(N)nc(NC3CCN(Cc4ccccc4N(C)C)CC3)c12. The summed E-state index contributed by atoms with van der Waals surface area (Å²) in [5.41, 5.74) is 10.7. The van der Waals surface area contributed by atoms with Crippen molar-refractivity contribution in [1.29, 1.82) is 0 Å². The van der Waals surface area contributed by atoms with Crippen molar-refractivity contribution in [1.82, 2.24) is 19.8 Å². The molecular weight excluding hydrogens is 490 g/mol. The maximum absolute atomic E-state index is 6.20. The molecule has 1 aromatic heterocycles. The molecular formula is C30H45N7O2. The number of likely N-dealkylation sites (N-methyl/N-ethyl adjacent to an activating group) is 1. The highest BCUT2D eigenvalue weighted by molar-refractivity contribution is 5.96. The Morgan fingerprint density at radius 1 is 1.05 bits per heavy atom. The molecule has 1 aliphatic heterocycles. The maximum Gasteiger partial charge on any atom is 0.222 e. The van der Waals surface area contributed by atoms with E-state index in [2.05, 4.69) is 77.2 Å². The van der Waals surface area contributed by atoms with Gasteiger partial charge in [0.25, 0.3) is 0 Å². The highest BCUT2D eigenvalue weighted by Gasteiger charge is 2.24. The number of rotatable bonds is 12. The zero-order chi connectivity index (χ0) is 27.9. The Labute approximate surface area is 233 Å². The van der Waals surface area contributed by atoms with E-state index in [0.29, 0.717) is 11.8 Å². The highest BCUT2D eigenvalue weighted by Crippen LogP contribution is 2.40. The molecule has 0 saturated carbocycles. The van der Waals surface area contributed by atoms with Gasteiger partial charge >= 0.3 is 0 Å². The number of methoxy groups -OCH3 is 2. The molecule has 1 saturated heterocycles. The fourth-order valence-electron chi connectivity index (χ4n) is 5.63. The molecule has 1 aliphatic rings. The Kier molecular flexibility index (Phi) is 9.69. The second kappa shape index (κ2) is 13.2. The molecule has 0 amide bonds. The predicted molar refractivity (Wildman–Crippen MR) is 161 cm³/mol. The van der Waals surface area contributed by atoms with E-state index in [-0.39, 0.29) is 5.95 Å². The lowest BCUT2D eigenvalue weighted by atomic mass is 10.0. The first-order chi connectivity index (χ1) is 18.9. The van der Waals surface area contributed by atoms with Crippen LogP contribution in [-0.4, -0.2) is 86.8 Å². The molecule has 39 heavy (non-hydrogen) atoms. The Bertz CT molecular complexity index is 1240. The molecule has 1 fully saturated rings. The summed E-state index contributed by atoms with van der Waals surface area (Å²) in [5.74, 6) is 2.44. The lowest BCUT2D eigenvalue weighted by Crippen LogP contribution is -2.39. The summed E-state index contributed by atoms with van der Waals surface area (Å²) in [4.78, 5) is 16.4. The number of para-hydroxylation sites is 1. The number of ether oxygens (including phenoxy) is 2. The molecule has 9 nitrogen and oxygen atoms in total. The van der Waals surface area contributed by atoms with E-state index in [1.54, 1.807) is 14.2 Å². The second-order valence-electron chi connectivity index (χ2n) is 10.4. The molecule has 0 bridgehead atoms. The van der Waals surface area contributed by atoms with E-state index in [4.69, 9.17) is 20.2 Å². The molecule has 2 aromatic carbocycles. The number of nitrogens with two attached hydrogens (primary N) is 1. The minimum Gasteiger partial charge on any atom is -0.493 e. The van der Waals surface area contributed by atoms with Crippen molar-refractivity contribution >= 4 is 28.4 Å². The van der Waals surface area contributed by atoms with Crippen LogP contribution in [0.1, 0.15) is 37.8 Å². The van der Waals surface area contributed by atoms with E-state index >= 15 is 0 Å². The number of likely N-dealkylation sites (tertiary alicyclic amines) is 1. The normalized spacial score (nSPS) is 14.6. The van der Waals surface area contributed by atoms with Crippen LogP contribution in [0.25, 0.3) is 10.9 Å². The molecule has 0 aliphatic carbocycles. The minimum absolute atomic E-state index is 0.254. The van der Waals surface area contributed by atoms with Crippen molar-refractivity contribution in [2.45, 2.75) is 45.7 Å². The van der Waals surface area contributed by atoms with Crippen LogP contribution >= 0.6 is 0 Å². The van der Waals surface area contributed by atoms with E-state index in [1.807, 2.05) is 6.07 Å². The molecule has 4 rings (SSSR count). The zero-order valence-electron chi connectivity index (χ0n) is 24.5. The monoisotopic (exact) mass is 535 g/mol. The Balaban J connectivity index is 1.57. The first-order valence-corrected chi connectivity index (χ1v) is 14.1. The molecule has 0 radical (unpaired) electrons. The number of hydrogen-bond donors (Lipinski definition) is 2. The van der Waals surface area contributed by atoms with Gasteiger partial charge in [-0.15, -0.1) is 0 Å². The van der Waals surface area contributed by atoms with Crippen LogP contribution in [0.5, 0.6) is 11.5 Å². The lowest BCUT2D eigenvalue weighted by molar-refractivity contribution is 0.211. The van der Waals surface area contributed by atoms with Gasteiger partial charge in [0, 0.05) is 63.6 Å². The smallest absolute Gasteiger partial charge is 0.222 e. The van der Waals surface area contributed by atoms with Crippen LogP contribution in [0.15, 0.2) is 30.3 Å². The largest absolute Gasteiger partial charge is 0.493 e. The summed E-state index contributed by atoms with van der Waals surface area (Å²) in [6.07, 6.45) is 2.85. The Morgan fingerprint density at radius 2 is 1.77 bits per heavy atom. The molecule has 2 heterocycles. The average Bonchev–Trinajstić information content (AvgIpc) is 2.94. The van der Waals surface area contributed by atoms with Crippen LogP contribution in [-0.2, 0) is 13.0 Å². The average molecular weight is 536 g/mol.